The Kier molecular flexibility index (Phi) is 2.60. The number of hydrogen-bond donors (Lipinski definition) is 2. The van der Waals surface area contributed by atoms with E-state index >= 15 is 0 Å². The minimum atomic E-state index is -2.74. The summed E-state index contributed by atoms with van der Waals surface area (Å²) in [7, 11) is -0.971. The first-order chi connectivity index (χ1) is 5.92. The van der Waals surface area contributed by atoms with E-state index in [-0.39, 0.29) is 5.25 Å². The zero-order valence-electron chi connectivity index (χ0n) is 7.94. The van der Waals surface area contributed by atoms with Gasteiger partial charge in [0.25, 0.3) is 0 Å². The quantitative estimate of drug-likeness (QED) is 0.773. The molecule has 13 heavy (non-hydrogen) atoms. The third-order valence-corrected chi connectivity index (χ3v) is 3.50. The van der Waals surface area contributed by atoms with Crippen LogP contribution in [0.1, 0.15) is 13.8 Å². The average molecular weight is 202 g/mol. The van der Waals surface area contributed by atoms with Gasteiger partial charge >= 0.3 is 0 Å². The third kappa shape index (κ3) is 2.45. The van der Waals surface area contributed by atoms with Crippen molar-refractivity contribution in [3.8, 4) is 0 Å². The largest absolute Gasteiger partial charge is 0.296 e. The van der Waals surface area contributed by atoms with Crippen LogP contribution in [-0.4, -0.2) is 19.2 Å². The standard InChI is InChI=1S/C7H14N4OS/c1-6(2)13(8,12)10-7-4-9-11(3)5-7/h4-6H,1-3H3,(H2,8,10,12). The summed E-state index contributed by atoms with van der Waals surface area (Å²) in [6, 6.07) is 0. The van der Waals surface area contributed by atoms with E-state index in [2.05, 4.69) is 9.82 Å². The highest BCUT2D eigenvalue weighted by atomic mass is 32.2. The molecule has 1 unspecified atom stereocenters. The molecule has 0 aliphatic carbocycles. The molecule has 0 saturated carbocycles. The molecular formula is C7H14N4OS. The van der Waals surface area contributed by atoms with Gasteiger partial charge < -0.3 is 0 Å². The maximum absolute atomic E-state index is 11.6. The maximum atomic E-state index is 11.6. The first kappa shape index (κ1) is 10.0. The topological polar surface area (TPSA) is 70.8 Å². The molecule has 1 atom stereocenters. The Balaban J connectivity index is 2.81. The van der Waals surface area contributed by atoms with Crippen molar-refractivity contribution in [1.82, 2.24) is 9.78 Å². The van der Waals surface area contributed by atoms with E-state index in [1.807, 2.05) is 0 Å². The highest BCUT2D eigenvalue weighted by molar-refractivity contribution is 7.94. The second kappa shape index (κ2) is 3.37. The molecule has 0 bridgehead atoms. The summed E-state index contributed by atoms with van der Waals surface area (Å²) in [5.41, 5.74) is 0.621. The van der Waals surface area contributed by atoms with Gasteiger partial charge in [-0.1, -0.05) is 0 Å². The summed E-state index contributed by atoms with van der Waals surface area (Å²) in [6.07, 6.45) is 3.24. The lowest BCUT2D eigenvalue weighted by molar-refractivity contribution is 0.671. The molecule has 0 fully saturated rings. The molecular weight excluding hydrogens is 188 g/mol. The van der Waals surface area contributed by atoms with Crippen LogP contribution in [0.2, 0.25) is 0 Å². The van der Waals surface area contributed by atoms with Crippen molar-refractivity contribution in [2.75, 3.05) is 4.72 Å². The number of nitrogens with one attached hydrogen (secondary N) is 2. The minimum Gasteiger partial charge on any atom is -0.296 e. The van der Waals surface area contributed by atoms with Crippen LogP contribution in [-0.2, 0) is 17.0 Å². The highest BCUT2D eigenvalue weighted by Crippen LogP contribution is 2.10. The van der Waals surface area contributed by atoms with Crippen LogP contribution < -0.4 is 4.72 Å². The first-order valence-electron chi connectivity index (χ1n) is 3.96. The number of aryl methyl sites for hydroxylation is 1. The Morgan fingerprint density at radius 2 is 2.31 bits per heavy atom. The SMILES string of the molecule is CC(C)S(=N)(=O)Nc1cnn(C)c1. The van der Waals surface area contributed by atoms with E-state index in [9.17, 15) is 4.21 Å². The van der Waals surface area contributed by atoms with Crippen LogP contribution in [0.25, 0.3) is 0 Å². The van der Waals surface area contributed by atoms with Crippen LogP contribution >= 0.6 is 0 Å². The van der Waals surface area contributed by atoms with Crippen LogP contribution in [0.4, 0.5) is 5.69 Å². The summed E-state index contributed by atoms with van der Waals surface area (Å²) >= 11 is 0. The Morgan fingerprint density at radius 3 is 2.69 bits per heavy atom. The summed E-state index contributed by atoms with van der Waals surface area (Å²) in [5.74, 6) is 0. The van der Waals surface area contributed by atoms with Gasteiger partial charge in [0.2, 0.25) is 0 Å². The Hall–Kier alpha value is -1.04. The normalized spacial score (nSPS) is 15.7. The number of nitrogens with zero attached hydrogens (tertiary/aromatic N) is 2. The lowest BCUT2D eigenvalue weighted by atomic mass is 10.6. The second-order valence-electron chi connectivity index (χ2n) is 3.15. The summed E-state index contributed by atoms with van der Waals surface area (Å²) in [4.78, 5) is 0. The zero-order valence-corrected chi connectivity index (χ0v) is 8.76. The molecule has 0 spiro atoms. The van der Waals surface area contributed by atoms with E-state index in [0.717, 1.165) is 0 Å². The Bertz CT molecular complexity index is 379. The van der Waals surface area contributed by atoms with Gasteiger partial charge in [-0.15, -0.1) is 0 Å². The molecule has 74 valence electrons. The molecule has 1 aromatic rings. The van der Waals surface area contributed by atoms with E-state index in [4.69, 9.17) is 4.78 Å². The molecule has 1 heterocycles. The number of rotatable bonds is 3. The molecule has 1 rings (SSSR count). The van der Waals surface area contributed by atoms with Crippen molar-refractivity contribution in [3.63, 3.8) is 0 Å². The lowest BCUT2D eigenvalue weighted by Crippen LogP contribution is -2.20. The van der Waals surface area contributed by atoms with Gasteiger partial charge in [-0.2, -0.15) is 5.10 Å². The van der Waals surface area contributed by atoms with Gasteiger partial charge in [-0.3, -0.25) is 9.40 Å². The van der Waals surface area contributed by atoms with Gasteiger partial charge in [-0.25, -0.2) is 8.99 Å². The molecule has 6 heteroatoms. The van der Waals surface area contributed by atoms with Crippen molar-refractivity contribution in [3.05, 3.63) is 12.4 Å². The fraction of sp³-hybridized carbons (Fsp3) is 0.571. The molecule has 0 radical (unpaired) electrons. The molecule has 2 N–H and O–H groups in total. The zero-order chi connectivity index (χ0) is 10.1. The second-order valence-corrected chi connectivity index (χ2v) is 5.50. The smallest absolute Gasteiger partial charge is 0.129 e. The van der Waals surface area contributed by atoms with E-state index in [1.54, 1.807) is 38.0 Å². The van der Waals surface area contributed by atoms with Crippen molar-refractivity contribution >= 4 is 15.6 Å². The Morgan fingerprint density at radius 1 is 1.69 bits per heavy atom. The molecule has 0 aromatic carbocycles. The van der Waals surface area contributed by atoms with Crippen molar-refractivity contribution in [1.29, 1.82) is 4.78 Å². The molecule has 0 aliphatic rings. The monoisotopic (exact) mass is 202 g/mol. The summed E-state index contributed by atoms with van der Waals surface area (Å²) < 4.78 is 23.3. The summed E-state index contributed by atoms with van der Waals surface area (Å²) in [5, 5.41) is 3.69. The first-order valence-corrected chi connectivity index (χ1v) is 5.58. The van der Waals surface area contributed by atoms with Gasteiger partial charge in [0.1, 0.15) is 9.92 Å². The van der Waals surface area contributed by atoms with E-state index < -0.39 is 9.92 Å². The number of hydrogen-bond acceptors (Lipinski definition) is 3. The molecule has 0 amide bonds. The predicted molar refractivity (Wildman–Crippen MR) is 52.8 cm³/mol. The van der Waals surface area contributed by atoms with Crippen LogP contribution in [0.5, 0.6) is 0 Å². The molecule has 0 saturated heterocycles. The van der Waals surface area contributed by atoms with E-state index in [1.165, 1.54) is 0 Å². The fourth-order valence-corrected chi connectivity index (χ4v) is 1.46. The van der Waals surface area contributed by atoms with Crippen molar-refractivity contribution in [2.24, 2.45) is 7.05 Å². The maximum Gasteiger partial charge on any atom is 0.129 e. The third-order valence-electron chi connectivity index (χ3n) is 1.64. The summed E-state index contributed by atoms with van der Waals surface area (Å²) in [6.45, 7) is 3.50. The van der Waals surface area contributed by atoms with Gasteiger partial charge in [0.15, 0.2) is 0 Å². The Labute approximate surface area is 78.3 Å². The van der Waals surface area contributed by atoms with Gasteiger partial charge in [-0.05, 0) is 13.8 Å². The van der Waals surface area contributed by atoms with Crippen LogP contribution in [0.15, 0.2) is 12.4 Å². The van der Waals surface area contributed by atoms with Crippen LogP contribution in [0.3, 0.4) is 0 Å². The fourth-order valence-electron chi connectivity index (χ4n) is 0.767. The molecule has 5 nitrogen and oxygen atoms in total. The van der Waals surface area contributed by atoms with Gasteiger partial charge in [0, 0.05) is 13.2 Å². The van der Waals surface area contributed by atoms with E-state index in [0.29, 0.717) is 5.69 Å². The molecule has 1 aromatic heterocycles. The minimum absolute atomic E-state index is 0.215. The predicted octanol–water partition coefficient (Wildman–Crippen LogP) is 1.20. The van der Waals surface area contributed by atoms with Crippen molar-refractivity contribution in [2.45, 2.75) is 19.1 Å². The van der Waals surface area contributed by atoms with Crippen molar-refractivity contribution < 1.29 is 4.21 Å². The number of anilines is 1. The van der Waals surface area contributed by atoms with Crippen LogP contribution in [0, 0.1) is 4.78 Å². The average Bonchev–Trinajstić information content (AvgIpc) is 2.34. The molecule has 0 aliphatic heterocycles. The van der Waals surface area contributed by atoms with Gasteiger partial charge in [0.05, 0.1) is 17.1 Å². The lowest BCUT2D eigenvalue weighted by Gasteiger charge is -2.11. The highest BCUT2D eigenvalue weighted by Gasteiger charge is 2.11. The number of aromatic nitrogens is 2.